The third kappa shape index (κ3) is 3.33. The van der Waals surface area contributed by atoms with Crippen molar-refractivity contribution in [1.82, 2.24) is 4.90 Å². The fourth-order valence-corrected chi connectivity index (χ4v) is 5.32. The summed E-state index contributed by atoms with van der Waals surface area (Å²) in [6.07, 6.45) is 5.48. The number of halogens is 2. The van der Waals surface area contributed by atoms with Gasteiger partial charge < -0.3 is 15.0 Å². The molecule has 0 bridgehead atoms. The van der Waals surface area contributed by atoms with Crippen LogP contribution in [0.2, 0.25) is 10.0 Å². The van der Waals surface area contributed by atoms with Crippen molar-refractivity contribution < 1.29 is 9.53 Å². The molecule has 150 valence electrons. The third-order valence-corrected chi connectivity index (χ3v) is 6.79. The Hall–Kier alpha value is -2.01. The maximum atomic E-state index is 13.3. The van der Waals surface area contributed by atoms with Gasteiger partial charge in [0.1, 0.15) is 0 Å². The van der Waals surface area contributed by atoms with Crippen molar-refractivity contribution in [1.29, 1.82) is 0 Å². The highest BCUT2D eigenvalue weighted by Crippen LogP contribution is 2.51. The molecule has 6 heteroatoms. The number of hydrogen-bond acceptors (Lipinski definition) is 3. The van der Waals surface area contributed by atoms with Gasteiger partial charge in [0.15, 0.2) is 0 Å². The summed E-state index contributed by atoms with van der Waals surface area (Å²) in [4.78, 5) is 15.2. The minimum absolute atomic E-state index is 0.0194. The molecule has 1 amide bonds. The first-order valence-electron chi connectivity index (χ1n) is 10.0. The zero-order chi connectivity index (χ0) is 20.0. The topological polar surface area (TPSA) is 41.6 Å². The largest absolute Gasteiger partial charge is 0.378 e. The molecule has 1 aliphatic carbocycles. The van der Waals surface area contributed by atoms with Crippen LogP contribution < -0.4 is 5.32 Å². The van der Waals surface area contributed by atoms with Crippen LogP contribution in [0, 0.1) is 5.92 Å². The van der Waals surface area contributed by atoms with Gasteiger partial charge in [0, 0.05) is 29.1 Å². The zero-order valence-corrected chi connectivity index (χ0v) is 17.4. The molecule has 5 rings (SSSR count). The average Bonchev–Trinajstić information content (AvgIpc) is 3.23. The van der Waals surface area contributed by atoms with Crippen molar-refractivity contribution >= 4 is 34.8 Å². The van der Waals surface area contributed by atoms with Crippen LogP contribution >= 0.6 is 23.2 Å². The van der Waals surface area contributed by atoms with E-state index in [1.807, 2.05) is 29.2 Å². The van der Waals surface area contributed by atoms with Gasteiger partial charge in [-0.05, 0) is 41.7 Å². The lowest BCUT2D eigenvalue weighted by Gasteiger charge is -2.39. The van der Waals surface area contributed by atoms with Gasteiger partial charge >= 0.3 is 0 Å². The molecule has 0 unspecified atom stereocenters. The molecule has 0 saturated carbocycles. The number of ether oxygens (including phenoxy) is 1. The van der Waals surface area contributed by atoms with E-state index in [0.717, 1.165) is 23.2 Å². The summed E-state index contributed by atoms with van der Waals surface area (Å²) in [5, 5.41) is 4.97. The number of carbonyl (C=O) groups excluding carboxylic acids is 1. The first-order valence-corrected chi connectivity index (χ1v) is 10.8. The van der Waals surface area contributed by atoms with Crippen LogP contribution in [0.4, 0.5) is 5.69 Å². The third-order valence-electron chi connectivity index (χ3n) is 6.22. The van der Waals surface area contributed by atoms with Crippen LogP contribution in [-0.2, 0) is 4.74 Å². The van der Waals surface area contributed by atoms with Crippen molar-refractivity contribution in [3.8, 4) is 0 Å². The molecule has 2 aromatic rings. The van der Waals surface area contributed by atoms with Crippen LogP contribution in [0.1, 0.15) is 39.9 Å². The van der Waals surface area contributed by atoms with E-state index in [0.29, 0.717) is 42.3 Å². The van der Waals surface area contributed by atoms with Gasteiger partial charge in [-0.2, -0.15) is 0 Å². The van der Waals surface area contributed by atoms with Gasteiger partial charge in [-0.3, -0.25) is 4.79 Å². The second-order valence-corrected chi connectivity index (χ2v) is 8.66. The number of nitrogens with one attached hydrogen (secondary N) is 1. The van der Waals surface area contributed by atoms with Crippen molar-refractivity contribution in [3.05, 3.63) is 75.3 Å². The van der Waals surface area contributed by atoms with Gasteiger partial charge in [0.05, 0.1) is 30.5 Å². The zero-order valence-electron chi connectivity index (χ0n) is 15.9. The number of anilines is 1. The summed E-state index contributed by atoms with van der Waals surface area (Å²) in [5.74, 6) is 0.675. The number of hydrogen-bond donors (Lipinski definition) is 1. The van der Waals surface area contributed by atoms with Crippen LogP contribution in [-0.4, -0.2) is 37.1 Å². The second kappa shape index (κ2) is 7.67. The van der Waals surface area contributed by atoms with Gasteiger partial charge in [-0.1, -0.05) is 53.6 Å². The number of morpholine rings is 1. The van der Waals surface area contributed by atoms with Crippen LogP contribution in [0.15, 0.2) is 48.6 Å². The van der Waals surface area contributed by atoms with Gasteiger partial charge in [-0.25, -0.2) is 0 Å². The summed E-state index contributed by atoms with van der Waals surface area (Å²) >= 11 is 12.7. The number of allylic oxidation sites excluding steroid dienone is 2. The Bertz CT molecular complexity index is 985. The van der Waals surface area contributed by atoms with Crippen molar-refractivity contribution in [2.45, 2.75) is 18.4 Å². The Morgan fingerprint density at radius 1 is 1.10 bits per heavy atom. The molecule has 1 N–H and O–H groups in total. The molecular formula is C23H22Cl2N2O2. The number of benzene rings is 2. The molecule has 1 fully saturated rings. The smallest absolute Gasteiger partial charge is 0.256 e. The van der Waals surface area contributed by atoms with Crippen LogP contribution in [0.25, 0.3) is 0 Å². The highest BCUT2D eigenvalue weighted by Gasteiger charge is 2.40. The molecule has 3 atom stereocenters. The van der Waals surface area contributed by atoms with Crippen LogP contribution in [0.5, 0.6) is 0 Å². The minimum atomic E-state index is 0.0194. The molecular weight excluding hydrogens is 407 g/mol. The lowest BCUT2D eigenvalue weighted by molar-refractivity contribution is 0.0303. The number of para-hydroxylation sites is 1. The summed E-state index contributed by atoms with van der Waals surface area (Å²) in [6, 6.07) is 11.7. The minimum Gasteiger partial charge on any atom is -0.378 e. The average molecular weight is 429 g/mol. The van der Waals surface area contributed by atoms with Crippen LogP contribution in [0.3, 0.4) is 0 Å². The van der Waals surface area contributed by atoms with Crippen molar-refractivity contribution in [3.63, 3.8) is 0 Å². The van der Waals surface area contributed by atoms with E-state index in [9.17, 15) is 4.79 Å². The Morgan fingerprint density at radius 3 is 2.72 bits per heavy atom. The van der Waals surface area contributed by atoms with E-state index >= 15 is 0 Å². The van der Waals surface area contributed by atoms with E-state index in [-0.39, 0.29) is 17.9 Å². The fourth-order valence-electron chi connectivity index (χ4n) is 4.80. The predicted molar refractivity (Wildman–Crippen MR) is 116 cm³/mol. The Balaban J connectivity index is 1.57. The van der Waals surface area contributed by atoms with E-state index in [2.05, 4.69) is 23.5 Å². The lowest BCUT2D eigenvalue weighted by atomic mass is 9.76. The number of amides is 1. The Kier molecular flexibility index (Phi) is 5.02. The summed E-state index contributed by atoms with van der Waals surface area (Å²) < 4.78 is 5.41. The second-order valence-electron chi connectivity index (χ2n) is 7.82. The maximum absolute atomic E-state index is 13.3. The van der Waals surface area contributed by atoms with E-state index in [4.69, 9.17) is 27.9 Å². The van der Waals surface area contributed by atoms with E-state index < -0.39 is 0 Å². The Morgan fingerprint density at radius 2 is 1.93 bits per heavy atom. The molecule has 2 heterocycles. The predicted octanol–water partition coefficient (Wildman–Crippen LogP) is 5.29. The normalized spacial score (nSPS) is 25.3. The highest BCUT2D eigenvalue weighted by molar-refractivity contribution is 6.35. The molecule has 2 aromatic carbocycles. The van der Waals surface area contributed by atoms with Gasteiger partial charge in [0.25, 0.3) is 5.91 Å². The lowest BCUT2D eigenvalue weighted by Crippen LogP contribution is -2.41. The molecule has 2 aliphatic heterocycles. The number of rotatable bonds is 2. The van der Waals surface area contributed by atoms with Crippen molar-refractivity contribution in [2.24, 2.45) is 5.92 Å². The SMILES string of the molecule is O=C(c1cccc2c1N[C@@H](c1ccc(Cl)cc1Cl)[C@@H]1CC=C[C@@H]21)N1CCOCC1. The van der Waals surface area contributed by atoms with Gasteiger partial charge in [0.2, 0.25) is 0 Å². The van der Waals surface area contributed by atoms with E-state index in [1.54, 1.807) is 6.07 Å². The molecule has 3 aliphatic rings. The summed E-state index contributed by atoms with van der Waals surface area (Å²) in [6.45, 7) is 2.43. The molecule has 1 saturated heterocycles. The number of fused-ring (bicyclic) bond motifs is 3. The Labute approximate surface area is 180 Å². The summed E-state index contributed by atoms with van der Waals surface area (Å²) in [7, 11) is 0. The van der Waals surface area contributed by atoms with E-state index in [1.165, 1.54) is 5.56 Å². The quantitative estimate of drug-likeness (QED) is 0.660. The molecule has 0 radical (unpaired) electrons. The monoisotopic (exact) mass is 428 g/mol. The van der Waals surface area contributed by atoms with Crippen molar-refractivity contribution in [2.75, 3.05) is 31.6 Å². The first kappa shape index (κ1) is 19.0. The standard InChI is InChI=1S/C23H22Cl2N2O2/c24-14-7-8-18(20(25)13-14)21-16-4-1-3-15(16)17-5-2-6-19(22(17)26-21)23(28)27-9-11-29-12-10-27/h1-3,5-8,13,15-16,21,26H,4,9-12H2/t15-,16-,21-/m1/s1. The maximum Gasteiger partial charge on any atom is 0.256 e. The molecule has 4 nitrogen and oxygen atoms in total. The molecule has 29 heavy (non-hydrogen) atoms. The number of carbonyl (C=O) groups is 1. The number of nitrogens with zero attached hydrogens (tertiary/aromatic N) is 1. The van der Waals surface area contributed by atoms with Gasteiger partial charge in [-0.15, -0.1) is 0 Å². The summed E-state index contributed by atoms with van der Waals surface area (Å²) in [5.41, 5.74) is 3.85. The fraction of sp³-hybridized carbons (Fsp3) is 0.348. The first-order chi connectivity index (χ1) is 14.1. The molecule has 0 aromatic heterocycles. The highest BCUT2D eigenvalue weighted by atomic mass is 35.5. The molecule has 0 spiro atoms.